The number of hydrogen-bond acceptors (Lipinski definition) is 2. The van der Waals surface area contributed by atoms with Gasteiger partial charge in [0.2, 0.25) is 0 Å². The Morgan fingerprint density at radius 1 is 0.762 bits per heavy atom. The molecule has 0 atom stereocenters. The van der Waals surface area contributed by atoms with Gasteiger partial charge in [0, 0.05) is 0 Å². The summed E-state index contributed by atoms with van der Waals surface area (Å²) in [5, 5.41) is 11.4. The van der Waals surface area contributed by atoms with Gasteiger partial charge in [0.05, 0.1) is 0 Å². The molecule has 3 heteroatoms. The molecule has 21 heavy (non-hydrogen) atoms. The lowest BCUT2D eigenvalue weighted by molar-refractivity contribution is 0.468. The molecule has 0 spiro atoms. The van der Waals surface area contributed by atoms with Crippen molar-refractivity contribution in [3.05, 3.63) is 23.8 Å². The zero-order valence-corrected chi connectivity index (χ0v) is 13.0. The summed E-state index contributed by atoms with van der Waals surface area (Å²) in [6, 6.07) is 6.45. The van der Waals surface area contributed by atoms with Crippen molar-refractivity contribution >= 4 is 11.0 Å². The lowest BCUT2D eigenvalue weighted by Crippen LogP contribution is -2.01. The fourth-order valence-corrected chi connectivity index (χ4v) is 3.69. The van der Waals surface area contributed by atoms with E-state index in [0.29, 0.717) is 5.92 Å². The first kappa shape index (κ1) is 14.6. The minimum atomic E-state index is 0.665. The van der Waals surface area contributed by atoms with Crippen molar-refractivity contribution in [3.8, 4) is 0 Å². The van der Waals surface area contributed by atoms with E-state index in [1.54, 1.807) is 0 Å². The molecule has 0 unspecified atom stereocenters. The van der Waals surface area contributed by atoms with Crippen LogP contribution in [0.4, 0.5) is 0 Å². The maximum Gasteiger partial charge on any atom is 0.116 e. The fraction of sp³-hybridized carbons (Fsp3) is 0.667. The van der Waals surface area contributed by atoms with E-state index >= 15 is 0 Å². The Balaban J connectivity index is 1.74. The first-order valence-electron chi connectivity index (χ1n) is 8.74. The van der Waals surface area contributed by atoms with Gasteiger partial charge in [0.15, 0.2) is 0 Å². The second-order valence-electron chi connectivity index (χ2n) is 6.49. The van der Waals surface area contributed by atoms with Gasteiger partial charge in [-0.25, -0.2) is 0 Å². The summed E-state index contributed by atoms with van der Waals surface area (Å²) in [5.41, 5.74) is 3.52. The number of nitrogens with one attached hydrogen (secondary N) is 1. The lowest BCUT2D eigenvalue weighted by Gasteiger charge is -2.18. The molecule has 0 aliphatic heterocycles. The number of nitrogens with zero attached hydrogens (tertiary/aromatic N) is 2. The number of rotatable bonds is 1. The number of hydrogen-bond donors (Lipinski definition) is 1. The molecule has 0 amide bonds. The number of benzene rings is 1. The Morgan fingerprint density at radius 3 is 2.05 bits per heavy atom. The van der Waals surface area contributed by atoms with Crippen LogP contribution in [0.3, 0.4) is 0 Å². The largest absolute Gasteiger partial charge is 0.197 e. The quantitative estimate of drug-likeness (QED) is 0.767. The van der Waals surface area contributed by atoms with Gasteiger partial charge in [-0.1, -0.05) is 69.9 Å². The van der Waals surface area contributed by atoms with E-state index in [1.807, 2.05) is 0 Å². The molecule has 0 bridgehead atoms. The highest BCUT2D eigenvalue weighted by Gasteiger charge is 2.16. The molecule has 1 aliphatic rings. The summed E-state index contributed by atoms with van der Waals surface area (Å²) in [6.07, 6.45) is 15.3. The predicted octanol–water partition coefficient (Wildman–Crippen LogP) is 5.35. The maximum absolute atomic E-state index is 4.39. The minimum Gasteiger partial charge on any atom is -0.197 e. The highest BCUT2D eigenvalue weighted by atomic mass is 15.3. The molecule has 3 nitrogen and oxygen atoms in total. The first-order valence-corrected chi connectivity index (χ1v) is 8.74. The third kappa shape index (κ3) is 3.84. The summed E-state index contributed by atoms with van der Waals surface area (Å²) in [4.78, 5) is 0. The van der Waals surface area contributed by atoms with Crippen LogP contribution in [-0.2, 0) is 0 Å². The van der Waals surface area contributed by atoms with Crippen molar-refractivity contribution in [1.82, 2.24) is 15.4 Å². The number of aromatic nitrogens is 3. The second kappa shape index (κ2) is 7.58. The van der Waals surface area contributed by atoms with Gasteiger partial charge in [-0.05, 0) is 30.4 Å². The Labute approximate surface area is 127 Å². The van der Waals surface area contributed by atoms with Crippen LogP contribution in [0.15, 0.2) is 18.2 Å². The van der Waals surface area contributed by atoms with Crippen LogP contribution in [0.5, 0.6) is 0 Å². The Morgan fingerprint density at radius 2 is 1.38 bits per heavy atom. The van der Waals surface area contributed by atoms with E-state index < -0.39 is 0 Å². The molecule has 2 aromatic rings. The number of aromatic amines is 1. The van der Waals surface area contributed by atoms with Crippen LogP contribution < -0.4 is 0 Å². The van der Waals surface area contributed by atoms with Crippen molar-refractivity contribution in [2.24, 2.45) is 0 Å². The van der Waals surface area contributed by atoms with Gasteiger partial charge in [0.1, 0.15) is 11.0 Å². The molecule has 1 aliphatic carbocycles. The lowest BCUT2D eigenvalue weighted by atomic mass is 9.87. The maximum atomic E-state index is 4.39. The first-order chi connectivity index (χ1) is 10.4. The predicted molar refractivity (Wildman–Crippen MR) is 87.4 cm³/mol. The van der Waals surface area contributed by atoms with E-state index in [2.05, 4.69) is 33.6 Å². The van der Waals surface area contributed by atoms with E-state index in [1.165, 1.54) is 76.2 Å². The van der Waals surface area contributed by atoms with Crippen LogP contribution in [0.1, 0.15) is 82.1 Å². The average Bonchev–Trinajstić information content (AvgIpc) is 2.96. The Hall–Kier alpha value is -1.38. The normalized spacial score (nSPS) is 20.0. The Kier molecular flexibility index (Phi) is 5.25. The molecule has 0 radical (unpaired) electrons. The van der Waals surface area contributed by atoms with E-state index in [-0.39, 0.29) is 0 Å². The van der Waals surface area contributed by atoms with Crippen molar-refractivity contribution in [2.45, 2.75) is 76.5 Å². The summed E-state index contributed by atoms with van der Waals surface area (Å²) >= 11 is 0. The van der Waals surface area contributed by atoms with Crippen molar-refractivity contribution < 1.29 is 0 Å². The van der Waals surface area contributed by atoms with Gasteiger partial charge in [-0.15, -0.1) is 0 Å². The molecule has 1 heterocycles. The standard InChI is InChI=1S/C18H27N3/c1-2-4-6-8-11-15(12-9-7-5-3-1)16-13-10-14-17-18(16)20-21-19-17/h10,13-15H,1-9,11-12H2,(H,19,20,21). The minimum absolute atomic E-state index is 0.665. The van der Waals surface area contributed by atoms with Gasteiger partial charge in [-0.2, -0.15) is 15.4 Å². The van der Waals surface area contributed by atoms with E-state index in [4.69, 9.17) is 0 Å². The highest BCUT2D eigenvalue weighted by Crippen LogP contribution is 2.32. The summed E-state index contributed by atoms with van der Waals surface area (Å²) in [7, 11) is 0. The zero-order chi connectivity index (χ0) is 14.3. The molecule has 1 N–H and O–H groups in total. The number of fused-ring (bicyclic) bond motifs is 1. The summed E-state index contributed by atoms with van der Waals surface area (Å²) < 4.78 is 0. The van der Waals surface area contributed by atoms with Crippen molar-refractivity contribution in [3.63, 3.8) is 0 Å². The highest BCUT2D eigenvalue weighted by molar-refractivity contribution is 5.77. The molecule has 1 fully saturated rings. The molecule has 0 saturated heterocycles. The second-order valence-corrected chi connectivity index (χ2v) is 6.49. The topological polar surface area (TPSA) is 41.6 Å². The van der Waals surface area contributed by atoms with Crippen LogP contribution in [-0.4, -0.2) is 15.4 Å². The van der Waals surface area contributed by atoms with Gasteiger partial charge in [0.25, 0.3) is 0 Å². The molecule has 3 rings (SSSR count). The average molecular weight is 285 g/mol. The SMILES string of the molecule is c1cc(C2CCCCCCCCCCC2)c2n[nH]nc2c1. The molecule has 1 aromatic heterocycles. The Bertz CT molecular complexity index is 534. The fourth-order valence-electron chi connectivity index (χ4n) is 3.69. The smallest absolute Gasteiger partial charge is 0.116 e. The number of para-hydroxylation sites is 1. The molecular weight excluding hydrogens is 258 g/mol. The molecular formula is C18H27N3. The van der Waals surface area contributed by atoms with Crippen LogP contribution in [0, 0.1) is 0 Å². The summed E-state index contributed by atoms with van der Waals surface area (Å²) in [6.45, 7) is 0. The van der Waals surface area contributed by atoms with E-state index in [9.17, 15) is 0 Å². The molecule has 114 valence electrons. The molecule has 1 saturated carbocycles. The van der Waals surface area contributed by atoms with Crippen LogP contribution in [0.25, 0.3) is 11.0 Å². The van der Waals surface area contributed by atoms with Gasteiger partial charge in [-0.3, -0.25) is 0 Å². The van der Waals surface area contributed by atoms with Crippen LogP contribution >= 0.6 is 0 Å². The van der Waals surface area contributed by atoms with Crippen molar-refractivity contribution in [2.75, 3.05) is 0 Å². The molecule has 1 aromatic carbocycles. The number of H-pyrrole nitrogens is 1. The summed E-state index contributed by atoms with van der Waals surface area (Å²) in [5.74, 6) is 0.665. The van der Waals surface area contributed by atoms with E-state index in [0.717, 1.165) is 11.0 Å². The van der Waals surface area contributed by atoms with Crippen molar-refractivity contribution in [1.29, 1.82) is 0 Å². The third-order valence-corrected chi connectivity index (χ3v) is 4.92. The van der Waals surface area contributed by atoms with Gasteiger partial charge >= 0.3 is 0 Å². The van der Waals surface area contributed by atoms with Gasteiger partial charge < -0.3 is 0 Å². The monoisotopic (exact) mass is 285 g/mol. The zero-order valence-electron chi connectivity index (χ0n) is 13.0. The third-order valence-electron chi connectivity index (χ3n) is 4.92. The van der Waals surface area contributed by atoms with Crippen LogP contribution in [0.2, 0.25) is 0 Å².